The first-order chi connectivity index (χ1) is 13.8. The molecule has 1 atom stereocenters. The van der Waals surface area contributed by atoms with Gasteiger partial charge >= 0.3 is 0 Å². The van der Waals surface area contributed by atoms with E-state index in [9.17, 15) is 4.79 Å². The van der Waals surface area contributed by atoms with Crippen molar-refractivity contribution in [2.24, 2.45) is 5.92 Å². The number of nitrogens with zero attached hydrogens (tertiary/aromatic N) is 1. The van der Waals surface area contributed by atoms with Crippen LogP contribution in [0.25, 0.3) is 0 Å². The molecule has 1 saturated heterocycles. The van der Waals surface area contributed by atoms with E-state index in [0.29, 0.717) is 0 Å². The van der Waals surface area contributed by atoms with Crippen LogP contribution in [0.3, 0.4) is 0 Å². The summed E-state index contributed by atoms with van der Waals surface area (Å²) < 4.78 is 0. The van der Waals surface area contributed by atoms with Crippen molar-refractivity contribution >= 4 is 5.91 Å². The highest BCUT2D eigenvalue weighted by molar-refractivity contribution is 5.78. The van der Waals surface area contributed by atoms with Crippen LogP contribution in [0, 0.1) is 5.92 Å². The second kappa shape index (κ2) is 11.0. The molecule has 2 aromatic carbocycles. The van der Waals surface area contributed by atoms with Gasteiger partial charge in [0.1, 0.15) is 0 Å². The molecule has 3 rings (SSSR count). The SMILES string of the molecule is CCCCCCNC(=O)C1CCCN(C(c2ccccc2)c2ccccc2)C1. The second-order valence-electron chi connectivity index (χ2n) is 7.91. The Labute approximate surface area is 170 Å². The van der Waals surface area contributed by atoms with Crippen LogP contribution in [0.1, 0.15) is 62.6 Å². The van der Waals surface area contributed by atoms with Gasteiger partial charge in [-0.3, -0.25) is 9.69 Å². The van der Waals surface area contributed by atoms with E-state index in [1.165, 1.54) is 30.4 Å². The molecule has 0 aromatic heterocycles. The van der Waals surface area contributed by atoms with Gasteiger partial charge in [-0.05, 0) is 36.9 Å². The highest BCUT2D eigenvalue weighted by Gasteiger charge is 2.31. The number of carbonyl (C=O) groups is 1. The van der Waals surface area contributed by atoms with Crippen LogP contribution in [0.4, 0.5) is 0 Å². The third-order valence-electron chi connectivity index (χ3n) is 5.75. The number of benzene rings is 2. The van der Waals surface area contributed by atoms with Gasteiger partial charge in [0.25, 0.3) is 0 Å². The van der Waals surface area contributed by atoms with Crippen molar-refractivity contribution in [2.45, 2.75) is 51.5 Å². The fraction of sp³-hybridized carbons (Fsp3) is 0.480. The quantitative estimate of drug-likeness (QED) is 0.610. The summed E-state index contributed by atoms with van der Waals surface area (Å²) in [5.41, 5.74) is 2.60. The highest BCUT2D eigenvalue weighted by Crippen LogP contribution is 2.32. The van der Waals surface area contributed by atoms with Crippen molar-refractivity contribution < 1.29 is 4.79 Å². The molecule has 1 N–H and O–H groups in total. The van der Waals surface area contributed by atoms with Gasteiger partial charge in [-0.2, -0.15) is 0 Å². The van der Waals surface area contributed by atoms with Gasteiger partial charge < -0.3 is 5.32 Å². The number of nitrogens with one attached hydrogen (secondary N) is 1. The lowest BCUT2D eigenvalue weighted by Gasteiger charge is -2.38. The summed E-state index contributed by atoms with van der Waals surface area (Å²) in [6.07, 6.45) is 6.84. The first-order valence-corrected chi connectivity index (χ1v) is 10.9. The molecular formula is C25H34N2O. The molecule has 1 fully saturated rings. The van der Waals surface area contributed by atoms with E-state index in [1.54, 1.807) is 0 Å². The van der Waals surface area contributed by atoms with Crippen LogP contribution in [0.15, 0.2) is 60.7 Å². The van der Waals surface area contributed by atoms with Crippen LogP contribution < -0.4 is 5.32 Å². The lowest BCUT2D eigenvalue weighted by atomic mass is 9.91. The molecule has 2 aromatic rings. The van der Waals surface area contributed by atoms with Gasteiger partial charge in [-0.1, -0.05) is 86.8 Å². The largest absolute Gasteiger partial charge is 0.356 e. The van der Waals surface area contributed by atoms with Gasteiger partial charge in [0.05, 0.1) is 12.0 Å². The molecule has 1 aliphatic rings. The van der Waals surface area contributed by atoms with E-state index in [1.807, 2.05) is 0 Å². The highest BCUT2D eigenvalue weighted by atomic mass is 16.1. The number of hydrogen-bond acceptors (Lipinski definition) is 2. The Morgan fingerprint density at radius 1 is 1.00 bits per heavy atom. The molecule has 0 radical (unpaired) electrons. The molecule has 150 valence electrons. The van der Waals surface area contributed by atoms with E-state index in [4.69, 9.17) is 0 Å². The molecule has 0 spiro atoms. The van der Waals surface area contributed by atoms with Crippen molar-refractivity contribution in [1.29, 1.82) is 0 Å². The fourth-order valence-electron chi connectivity index (χ4n) is 4.25. The Bertz CT molecular complexity index is 662. The summed E-state index contributed by atoms with van der Waals surface area (Å²) in [6.45, 7) is 4.89. The summed E-state index contributed by atoms with van der Waals surface area (Å²) in [5, 5.41) is 3.18. The molecule has 1 unspecified atom stereocenters. The number of rotatable bonds is 9. The number of piperidine rings is 1. The number of amides is 1. The zero-order chi connectivity index (χ0) is 19.6. The summed E-state index contributed by atoms with van der Waals surface area (Å²) in [7, 11) is 0. The summed E-state index contributed by atoms with van der Waals surface area (Å²) >= 11 is 0. The second-order valence-corrected chi connectivity index (χ2v) is 7.91. The molecule has 28 heavy (non-hydrogen) atoms. The Morgan fingerprint density at radius 3 is 2.25 bits per heavy atom. The lowest BCUT2D eigenvalue weighted by molar-refractivity contribution is -0.126. The average Bonchev–Trinajstić information content (AvgIpc) is 2.75. The zero-order valence-corrected chi connectivity index (χ0v) is 17.1. The molecule has 0 bridgehead atoms. The summed E-state index contributed by atoms with van der Waals surface area (Å²) in [5.74, 6) is 0.330. The number of likely N-dealkylation sites (tertiary alicyclic amines) is 1. The normalized spacial score (nSPS) is 17.6. The molecule has 1 aliphatic heterocycles. The number of unbranched alkanes of at least 4 members (excludes halogenated alkanes) is 3. The molecule has 0 saturated carbocycles. The molecular weight excluding hydrogens is 344 g/mol. The summed E-state index contributed by atoms with van der Waals surface area (Å²) in [4.78, 5) is 15.2. The van der Waals surface area contributed by atoms with E-state index in [-0.39, 0.29) is 17.9 Å². The predicted octanol–water partition coefficient (Wildman–Crippen LogP) is 5.18. The Hall–Kier alpha value is -2.13. The molecule has 3 nitrogen and oxygen atoms in total. The number of hydrogen-bond donors (Lipinski definition) is 1. The van der Waals surface area contributed by atoms with E-state index >= 15 is 0 Å². The van der Waals surface area contributed by atoms with Crippen molar-refractivity contribution in [3.63, 3.8) is 0 Å². The van der Waals surface area contributed by atoms with Crippen LogP contribution >= 0.6 is 0 Å². The van der Waals surface area contributed by atoms with Crippen molar-refractivity contribution in [3.8, 4) is 0 Å². The third-order valence-corrected chi connectivity index (χ3v) is 5.75. The minimum absolute atomic E-state index is 0.0925. The van der Waals surface area contributed by atoms with E-state index < -0.39 is 0 Å². The minimum Gasteiger partial charge on any atom is -0.356 e. The van der Waals surface area contributed by atoms with Crippen molar-refractivity contribution in [3.05, 3.63) is 71.8 Å². The topological polar surface area (TPSA) is 32.3 Å². The first kappa shape index (κ1) is 20.6. The Morgan fingerprint density at radius 2 is 1.64 bits per heavy atom. The Balaban J connectivity index is 1.67. The standard InChI is InChI=1S/C25H34N2O/c1-2-3-4-11-18-26-25(28)23-17-12-19-27(20-23)24(21-13-7-5-8-14-21)22-15-9-6-10-16-22/h5-10,13-16,23-24H,2-4,11-12,17-20H2,1H3,(H,26,28). The van der Waals surface area contributed by atoms with Gasteiger partial charge in [-0.15, -0.1) is 0 Å². The lowest BCUT2D eigenvalue weighted by Crippen LogP contribution is -2.44. The van der Waals surface area contributed by atoms with Crippen molar-refractivity contribution in [2.75, 3.05) is 19.6 Å². The molecule has 3 heteroatoms. The molecule has 1 amide bonds. The van der Waals surface area contributed by atoms with E-state index in [2.05, 4.69) is 77.8 Å². The molecule has 0 aliphatic carbocycles. The van der Waals surface area contributed by atoms with Crippen LogP contribution in [0.5, 0.6) is 0 Å². The zero-order valence-electron chi connectivity index (χ0n) is 17.1. The fourth-order valence-corrected chi connectivity index (χ4v) is 4.25. The van der Waals surface area contributed by atoms with Crippen LogP contribution in [0.2, 0.25) is 0 Å². The maximum Gasteiger partial charge on any atom is 0.224 e. The van der Waals surface area contributed by atoms with Crippen molar-refractivity contribution in [1.82, 2.24) is 10.2 Å². The van der Waals surface area contributed by atoms with Gasteiger partial charge in [0.2, 0.25) is 5.91 Å². The Kier molecular flexibility index (Phi) is 8.10. The molecule has 1 heterocycles. The maximum atomic E-state index is 12.7. The van der Waals surface area contributed by atoms with Crippen LogP contribution in [-0.4, -0.2) is 30.4 Å². The smallest absolute Gasteiger partial charge is 0.224 e. The van der Waals surface area contributed by atoms with Gasteiger partial charge in [0.15, 0.2) is 0 Å². The van der Waals surface area contributed by atoms with Gasteiger partial charge in [-0.25, -0.2) is 0 Å². The van der Waals surface area contributed by atoms with Gasteiger partial charge in [0, 0.05) is 13.1 Å². The third kappa shape index (κ3) is 5.68. The van der Waals surface area contributed by atoms with Crippen LogP contribution in [-0.2, 0) is 4.79 Å². The average molecular weight is 379 g/mol. The first-order valence-electron chi connectivity index (χ1n) is 10.9. The maximum absolute atomic E-state index is 12.7. The monoisotopic (exact) mass is 378 g/mol. The van der Waals surface area contributed by atoms with E-state index in [0.717, 1.165) is 38.9 Å². The summed E-state index contributed by atoms with van der Waals surface area (Å²) in [6, 6.07) is 21.6. The predicted molar refractivity (Wildman–Crippen MR) is 116 cm³/mol. The minimum atomic E-state index is 0.0925. The number of carbonyl (C=O) groups excluding carboxylic acids is 1.